The number of alkyl halides is 2. The first-order chi connectivity index (χ1) is 7.53. The van der Waals surface area contributed by atoms with Gasteiger partial charge >= 0.3 is 0 Å². The van der Waals surface area contributed by atoms with E-state index >= 15 is 0 Å². The second-order valence-corrected chi connectivity index (χ2v) is 5.24. The molecule has 0 aliphatic heterocycles. The highest BCUT2D eigenvalue weighted by Gasteiger charge is 2.56. The van der Waals surface area contributed by atoms with E-state index in [0.717, 1.165) is 0 Å². The van der Waals surface area contributed by atoms with Crippen LogP contribution in [-0.4, -0.2) is 10.2 Å². The molecule has 0 heterocycles. The lowest BCUT2D eigenvalue weighted by Crippen LogP contribution is -2.16. The first-order valence-electron chi connectivity index (χ1n) is 4.72. The maximum Gasteiger partial charge on any atom is 0.230 e. The zero-order valence-corrected chi connectivity index (χ0v) is 9.72. The summed E-state index contributed by atoms with van der Waals surface area (Å²) in [6.45, 7) is 0. The van der Waals surface area contributed by atoms with Crippen molar-refractivity contribution in [1.29, 1.82) is 5.26 Å². The van der Waals surface area contributed by atoms with Crippen molar-refractivity contribution in [1.82, 2.24) is 0 Å². The molecule has 0 aromatic heterocycles. The minimum absolute atomic E-state index is 0.185. The number of hydrogen-bond acceptors (Lipinski definition) is 2. The van der Waals surface area contributed by atoms with Crippen LogP contribution in [0.5, 0.6) is 0 Å². The van der Waals surface area contributed by atoms with E-state index in [-0.39, 0.29) is 11.8 Å². The van der Waals surface area contributed by atoms with Crippen LogP contribution in [0.1, 0.15) is 12.0 Å². The Hall–Kier alpha value is -1.24. The molecule has 1 aliphatic carbocycles. The third-order valence-electron chi connectivity index (χ3n) is 2.42. The van der Waals surface area contributed by atoms with Gasteiger partial charge in [0.2, 0.25) is 5.91 Å². The highest BCUT2D eigenvalue weighted by Crippen LogP contribution is 2.53. The minimum atomic E-state index is -0.906. The van der Waals surface area contributed by atoms with Crippen molar-refractivity contribution >= 4 is 34.8 Å². The Kier molecular flexibility index (Phi) is 2.79. The number of hydrogen-bond donors (Lipinski definition) is 1. The number of carbonyl (C=O) groups excluding carboxylic acids is 1. The van der Waals surface area contributed by atoms with Gasteiger partial charge in [0.15, 0.2) is 0 Å². The largest absolute Gasteiger partial charge is 0.326 e. The van der Waals surface area contributed by atoms with Gasteiger partial charge in [0.1, 0.15) is 4.33 Å². The summed E-state index contributed by atoms with van der Waals surface area (Å²) in [5.41, 5.74) is 1.19. The van der Waals surface area contributed by atoms with Crippen LogP contribution in [0, 0.1) is 17.2 Å². The molecule has 16 heavy (non-hydrogen) atoms. The van der Waals surface area contributed by atoms with Crippen molar-refractivity contribution < 1.29 is 4.79 Å². The van der Waals surface area contributed by atoms with Crippen molar-refractivity contribution in [3.63, 3.8) is 0 Å². The van der Waals surface area contributed by atoms with Crippen LogP contribution in [0.25, 0.3) is 0 Å². The summed E-state index contributed by atoms with van der Waals surface area (Å²) < 4.78 is -0.906. The highest BCUT2D eigenvalue weighted by atomic mass is 35.5. The molecule has 0 radical (unpaired) electrons. The molecule has 1 atom stereocenters. The van der Waals surface area contributed by atoms with E-state index < -0.39 is 4.33 Å². The summed E-state index contributed by atoms with van der Waals surface area (Å²) in [6, 6.07) is 8.61. The maximum absolute atomic E-state index is 11.6. The molecule has 1 N–H and O–H groups in total. The zero-order valence-electron chi connectivity index (χ0n) is 8.21. The van der Waals surface area contributed by atoms with Gasteiger partial charge in [-0.1, -0.05) is 0 Å². The van der Waals surface area contributed by atoms with Crippen LogP contribution < -0.4 is 5.32 Å². The number of anilines is 1. The van der Waals surface area contributed by atoms with Gasteiger partial charge in [-0.2, -0.15) is 5.26 Å². The van der Waals surface area contributed by atoms with Crippen LogP contribution in [0.4, 0.5) is 5.69 Å². The first kappa shape index (κ1) is 11.3. The van der Waals surface area contributed by atoms with E-state index in [1.807, 2.05) is 6.07 Å². The molecule has 3 nitrogen and oxygen atoms in total. The topological polar surface area (TPSA) is 52.9 Å². The number of nitriles is 1. The molecule has 1 aliphatic rings. The number of benzene rings is 1. The Labute approximate surface area is 103 Å². The van der Waals surface area contributed by atoms with Gasteiger partial charge in [-0.05, 0) is 30.7 Å². The summed E-state index contributed by atoms with van der Waals surface area (Å²) in [7, 11) is 0. The van der Waals surface area contributed by atoms with Crippen molar-refractivity contribution in [3.8, 4) is 6.07 Å². The van der Waals surface area contributed by atoms with E-state index in [0.29, 0.717) is 17.7 Å². The fourth-order valence-corrected chi connectivity index (χ4v) is 1.86. The van der Waals surface area contributed by atoms with Gasteiger partial charge in [0.05, 0.1) is 17.6 Å². The van der Waals surface area contributed by atoms with Crippen molar-refractivity contribution in [3.05, 3.63) is 29.8 Å². The molecule has 1 aromatic carbocycles. The summed E-state index contributed by atoms with van der Waals surface area (Å²) in [5, 5.41) is 11.3. The Balaban J connectivity index is 2.00. The predicted octanol–water partition coefficient (Wildman–Crippen LogP) is 2.69. The van der Waals surface area contributed by atoms with Gasteiger partial charge in [-0.15, -0.1) is 23.2 Å². The standard InChI is InChI=1S/C11H8Cl2N2O/c12-11(13)5-9(11)10(16)15-8-3-1-7(6-14)2-4-8/h1-4,9H,5H2,(H,15,16). The molecular weight excluding hydrogens is 247 g/mol. The Morgan fingerprint density at radius 1 is 1.44 bits per heavy atom. The molecule has 1 aromatic rings. The van der Waals surface area contributed by atoms with Gasteiger partial charge < -0.3 is 5.32 Å². The monoisotopic (exact) mass is 254 g/mol. The molecule has 1 unspecified atom stereocenters. The molecule has 0 saturated heterocycles. The van der Waals surface area contributed by atoms with Crippen LogP contribution in [0.15, 0.2) is 24.3 Å². The number of rotatable bonds is 2. The molecule has 1 amide bonds. The van der Waals surface area contributed by atoms with Crippen molar-refractivity contribution in [2.45, 2.75) is 10.8 Å². The van der Waals surface area contributed by atoms with Gasteiger partial charge in [-0.3, -0.25) is 4.79 Å². The summed E-state index contributed by atoms with van der Waals surface area (Å²) in [5.74, 6) is -0.527. The second kappa shape index (κ2) is 3.97. The van der Waals surface area contributed by atoms with Gasteiger partial charge in [0, 0.05) is 5.69 Å². The van der Waals surface area contributed by atoms with Crippen molar-refractivity contribution in [2.75, 3.05) is 5.32 Å². The molecule has 0 spiro atoms. The lowest BCUT2D eigenvalue weighted by molar-refractivity contribution is -0.117. The fourth-order valence-electron chi connectivity index (χ4n) is 1.36. The molecular formula is C11H8Cl2N2O. The smallest absolute Gasteiger partial charge is 0.230 e. The van der Waals surface area contributed by atoms with Gasteiger partial charge in [0.25, 0.3) is 0 Å². The molecule has 82 valence electrons. The third kappa shape index (κ3) is 2.29. The van der Waals surface area contributed by atoms with Crippen LogP contribution >= 0.6 is 23.2 Å². The molecule has 5 heteroatoms. The zero-order chi connectivity index (χ0) is 11.8. The number of nitrogens with zero attached hydrogens (tertiary/aromatic N) is 1. The van der Waals surface area contributed by atoms with E-state index in [1.54, 1.807) is 24.3 Å². The Morgan fingerprint density at radius 3 is 2.44 bits per heavy atom. The average Bonchev–Trinajstić information content (AvgIpc) is 2.89. The normalized spacial score (nSPS) is 20.9. The Morgan fingerprint density at radius 2 is 2.00 bits per heavy atom. The highest BCUT2D eigenvalue weighted by molar-refractivity contribution is 6.52. The summed E-state index contributed by atoms with van der Waals surface area (Å²) in [4.78, 5) is 11.6. The first-order valence-corrected chi connectivity index (χ1v) is 5.47. The summed E-state index contributed by atoms with van der Waals surface area (Å²) >= 11 is 11.6. The van der Waals surface area contributed by atoms with E-state index in [1.165, 1.54) is 0 Å². The maximum atomic E-state index is 11.6. The van der Waals surface area contributed by atoms with E-state index in [9.17, 15) is 4.79 Å². The average molecular weight is 255 g/mol. The second-order valence-electron chi connectivity index (χ2n) is 3.70. The van der Waals surface area contributed by atoms with E-state index in [4.69, 9.17) is 28.5 Å². The van der Waals surface area contributed by atoms with Crippen LogP contribution in [0.3, 0.4) is 0 Å². The number of amides is 1. The Bertz CT molecular complexity index is 462. The van der Waals surface area contributed by atoms with Crippen LogP contribution in [-0.2, 0) is 4.79 Å². The van der Waals surface area contributed by atoms with Crippen molar-refractivity contribution in [2.24, 2.45) is 5.92 Å². The number of nitrogens with one attached hydrogen (secondary N) is 1. The predicted molar refractivity (Wildman–Crippen MR) is 62.3 cm³/mol. The lowest BCUT2D eigenvalue weighted by atomic mass is 10.2. The number of carbonyl (C=O) groups is 1. The summed E-state index contributed by atoms with van der Waals surface area (Å²) in [6.07, 6.45) is 0.484. The molecule has 2 rings (SSSR count). The lowest BCUT2D eigenvalue weighted by Gasteiger charge is -2.04. The quantitative estimate of drug-likeness (QED) is 0.826. The molecule has 1 fully saturated rings. The third-order valence-corrected chi connectivity index (χ3v) is 3.26. The van der Waals surface area contributed by atoms with Crippen LogP contribution in [0.2, 0.25) is 0 Å². The molecule has 0 bridgehead atoms. The minimum Gasteiger partial charge on any atom is -0.326 e. The van der Waals surface area contributed by atoms with E-state index in [2.05, 4.69) is 5.32 Å². The SMILES string of the molecule is N#Cc1ccc(NC(=O)C2CC2(Cl)Cl)cc1. The fraction of sp³-hybridized carbons (Fsp3) is 0.273. The van der Waals surface area contributed by atoms with Gasteiger partial charge in [-0.25, -0.2) is 0 Å². The number of halogens is 2. The molecule has 1 saturated carbocycles.